The van der Waals surface area contributed by atoms with Crippen LogP contribution in [0, 0.1) is 11.6 Å². The molecule has 2 aliphatic heterocycles. The summed E-state index contributed by atoms with van der Waals surface area (Å²) < 4.78 is 30.9. The minimum atomic E-state index is -0.968. The third kappa shape index (κ3) is 4.64. The number of aromatic nitrogens is 2. The normalized spacial score (nSPS) is 16.1. The van der Waals surface area contributed by atoms with Crippen LogP contribution in [0.3, 0.4) is 0 Å². The zero-order valence-corrected chi connectivity index (χ0v) is 21.3. The van der Waals surface area contributed by atoms with E-state index in [-0.39, 0.29) is 33.2 Å². The number of rotatable bonds is 4. The number of piperidine rings is 1. The van der Waals surface area contributed by atoms with E-state index in [1.807, 2.05) is 4.90 Å². The van der Waals surface area contributed by atoms with Crippen molar-refractivity contribution in [3.05, 3.63) is 59.4 Å². The number of anilines is 1. The standard InChI is InChI=1S/C27H26ClF2N5O3/c1-2-20(37)33-11-13-34(14-12-33)26-16-15-17(28)21(22-18(29)7-6-8-19(22)36)23(30)24(16)31-25(32-26)27(38)35-9-4-3-5-10-35/h2,6-8,15,36H,1,3-5,9-14H2. The molecule has 5 rings (SSSR count). The van der Waals surface area contributed by atoms with Gasteiger partial charge in [-0.15, -0.1) is 0 Å². The van der Waals surface area contributed by atoms with E-state index >= 15 is 4.39 Å². The van der Waals surface area contributed by atoms with Crippen LogP contribution in [-0.4, -0.2) is 76.0 Å². The molecule has 0 aliphatic carbocycles. The van der Waals surface area contributed by atoms with Gasteiger partial charge in [-0.3, -0.25) is 9.59 Å². The highest BCUT2D eigenvalue weighted by Crippen LogP contribution is 2.42. The maximum absolute atomic E-state index is 16.2. The molecule has 0 spiro atoms. The first-order chi connectivity index (χ1) is 18.3. The lowest BCUT2D eigenvalue weighted by atomic mass is 10.0. The van der Waals surface area contributed by atoms with E-state index in [0.29, 0.717) is 45.1 Å². The van der Waals surface area contributed by atoms with Crippen molar-refractivity contribution in [2.75, 3.05) is 44.2 Å². The third-order valence-electron chi connectivity index (χ3n) is 7.00. The average Bonchev–Trinajstić information content (AvgIpc) is 2.94. The number of hydrogen-bond donors (Lipinski definition) is 1. The van der Waals surface area contributed by atoms with Gasteiger partial charge in [-0.2, -0.15) is 0 Å². The van der Waals surface area contributed by atoms with Crippen molar-refractivity contribution < 1.29 is 23.5 Å². The van der Waals surface area contributed by atoms with Crippen LogP contribution >= 0.6 is 11.6 Å². The van der Waals surface area contributed by atoms with Crippen LogP contribution in [0.5, 0.6) is 5.75 Å². The number of amides is 2. The molecule has 2 aromatic carbocycles. The molecule has 2 fully saturated rings. The van der Waals surface area contributed by atoms with Gasteiger partial charge in [0, 0.05) is 50.2 Å². The molecule has 0 saturated carbocycles. The first-order valence-electron chi connectivity index (χ1n) is 12.4. The number of carbonyl (C=O) groups excluding carboxylic acids is 2. The molecule has 0 unspecified atom stereocenters. The number of phenols is 1. The fraction of sp³-hybridized carbons (Fsp3) is 0.333. The van der Waals surface area contributed by atoms with Gasteiger partial charge in [0.2, 0.25) is 11.7 Å². The lowest BCUT2D eigenvalue weighted by Crippen LogP contribution is -2.48. The summed E-state index contributed by atoms with van der Waals surface area (Å²) in [7, 11) is 0. The molecule has 2 amide bonds. The van der Waals surface area contributed by atoms with Crippen molar-refractivity contribution in [2.24, 2.45) is 0 Å². The van der Waals surface area contributed by atoms with Gasteiger partial charge in [0.25, 0.3) is 5.91 Å². The highest BCUT2D eigenvalue weighted by atomic mass is 35.5. The molecule has 0 atom stereocenters. The largest absolute Gasteiger partial charge is 0.507 e. The topological polar surface area (TPSA) is 89.9 Å². The molecule has 1 aromatic heterocycles. The number of carbonyl (C=O) groups is 2. The van der Waals surface area contributed by atoms with Crippen LogP contribution in [0.4, 0.5) is 14.6 Å². The Bertz CT molecular complexity index is 1420. The van der Waals surface area contributed by atoms with Gasteiger partial charge in [-0.1, -0.05) is 24.2 Å². The zero-order valence-electron chi connectivity index (χ0n) is 20.6. The molecule has 3 heterocycles. The Kier molecular flexibility index (Phi) is 7.16. The number of phenolic OH excluding ortho intramolecular Hbond substituents is 1. The smallest absolute Gasteiger partial charge is 0.291 e. The Hall–Kier alpha value is -3.79. The number of benzene rings is 2. The summed E-state index contributed by atoms with van der Waals surface area (Å²) in [6.07, 6.45) is 3.97. The minimum absolute atomic E-state index is 0.143. The predicted octanol–water partition coefficient (Wildman–Crippen LogP) is 4.39. The molecule has 3 aromatic rings. The minimum Gasteiger partial charge on any atom is -0.507 e. The maximum Gasteiger partial charge on any atom is 0.291 e. The molecule has 2 aliphatic rings. The molecular weight excluding hydrogens is 516 g/mol. The molecule has 0 bridgehead atoms. The lowest BCUT2D eigenvalue weighted by molar-refractivity contribution is -0.126. The van der Waals surface area contributed by atoms with E-state index in [1.54, 1.807) is 9.80 Å². The number of nitrogens with zero attached hydrogens (tertiary/aromatic N) is 5. The third-order valence-corrected chi connectivity index (χ3v) is 7.30. The molecule has 8 nitrogen and oxygen atoms in total. The first-order valence-corrected chi connectivity index (χ1v) is 12.8. The van der Waals surface area contributed by atoms with Crippen LogP contribution in [0.1, 0.15) is 29.9 Å². The number of likely N-dealkylation sites (tertiary alicyclic amines) is 1. The molecule has 1 N–H and O–H groups in total. The van der Waals surface area contributed by atoms with Gasteiger partial charge >= 0.3 is 0 Å². The second-order valence-electron chi connectivity index (χ2n) is 9.32. The Morgan fingerprint density at radius 3 is 2.34 bits per heavy atom. The Balaban J connectivity index is 1.67. The van der Waals surface area contributed by atoms with Gasteiger partial charge in [0.05, 0.1) is 10.6 Å². The van der Waals surface area contributed by atoms with Gasteiger partial charge in [0.1, 0.15) is 22.9 Å². The monoisotopic (exact) mass is 541 g/mol. The van der Waals surface area contributed by atoms with E-state index in [2.05, 4.69) is 16.5 Å². The highest BCUT2D eigenvalue weighted by Gasteiger charge is 2.29. The number of fused-ring (bicyclic) bond motifs is 1. The van der Waals surface area contributed by atoms with Gasteiger partial charge in [-0.05, 0) is 43.5 Å². The van der Waals surface area contributed by atoms with Gasteiger partial charge < -0.3 is 19.8 Å². The summed E-state index contributed by atoms with van der Waals surface area (Å²) in [6.45, 7) is 6.13. The van der Waals surface area contributed by atoms with Crippen molar-refractivity contribution >= 4 is 40.1 Å². The summed E-state index contributed by atoms with van der Waals surface area (Å²) in [5.41, 5.74) is -0.947. The molecular formula is C27H26ClF2N5O3. The fourth-order valence-electron chi connectivity index (χ4n) is 5.01. The molecule has 0 radical (unpaired) electrons. The number of halogens is 3. The highest BCUT2D eigenvalue weighted by molar-refractivity contribution is 6.34. The summed E-state index contributed by atoms with van der Waals surface area (Å²) >= 11 is 6.47. The summed E-state index contributed by atoms with van der Waals surface area (Å²) in [5.74, 6) is -2.79. The molecule has 2 saturated heterocycles. The number of aromatic hydroxyl groups is 1. The quantitative estimate of drug-likeness (QED) is 0.493. The van der Waals surface area contributed by atoms with E-state index in [9.17, 15) is 19.1 Å². The molecule has 11 heteroatoms. The van der Waals surface area contributed by atoms with Crippen molar-refractivity contribution in [1.29, 1.82) is 0 Å². The van der Waals surface area contributed by atoms with Gasteiger partial charge in [-0.25, -0.2) is 18.7 Å². The van der Waals surface area contributed by atoms with Gasteiger partial charge in [0.15, 0.2) is 5.82 Å². The van der Waals surface area contributed by atoms with Crippen LogP contribution in [-0.2, 0) is 4.79 Å². The van der Waals surface area contributed by atoms with E-state index in [1.165, 1.54) is 24.3 Å². The summed E-state index contributed by atoms with van der Waals surface area (Å²) in [6, 6.07) is 5.05. The lowest BCUT2D eigenvalue weighted by Gasteiger charge is -2.35. The van der Waals surface area contributed by atoms with E-state index in [0.717, 1.165) is 25.3 Å². The van der Waals surface area contributed by atoms with Crippen LogP contribution < -0.4 is 4.90 Å². The molecule has 198 valence electrons. The molecule has 38 heavy (non-hydrogen) atoms. The summed E-state index contributed by atoms with van der Waals surface area (Å²) in [5, 5.41) is 10.4. The Morgan fingerprint density at radius 2 is 1.68 bits per heavy atom. The van der Waals surface area contributed by atoms with Crippen molar-refractivity contribution in [3.8, 4) is 16.9 Å². The average molecular weight is 542 g/mol. The van der Waals surface area contributed by atoms with Crippen LogP contribution in [0.25, 0.3) is 22.0 Å². The first kappa shape index (κ1) is 25.8. The van der Waals surface area contributed by atoms with Crippen LogP contribution in [0.15, 0.2) is 36.9 Å². The zero-order chi connectivity index (χ0) is 27.0. The van der Waals surface area contributed by atoms with Crippen molar-refractivity contribution in [1.82, 2.24) is 19.8 Å². The van der Waals surface area contributed by atoms with E-state index < -0.39 is 28.9 Å². The van der Waals surface area contributed by atoms with Crippen molar-refractivity contribution in [2.45, 2.75) is 19.3 Å². The Morgan fingerprint density at radius 1 is 0.974 bits per heavy atom. The number of hydrogen-bond acceptors (Lipinski definition) is 6. The SMILES string of the molecule is C=CC(=O)N1CCN(c2nc(C(=O)N3CCCCC3)nc3c(F)c(-c4c(O)cccc4F)c(Cl)cc23)CC1. The number of piperazine rings is 1. The predicted molar refractivity (Wildman–Crippen MR) is 140 cm³/mol. The van der Waals surface area contributed by atoms with E-state index in [4.69, 9.17) is 11.6 Å². The summed E-state index contributed by atoms with van der Waals surface area (Å²) in [4.78, 5) is 39.4. The van der Waals surface area contributed by atoms with Crippen LogP contribution in [0.2, 0.25) is 5.02 Å². The van der Waals surface area contributed by atoms with Crippen molar-refractivity contribution in [3.63, 3.8) is 0 Å². The Labute approximate surface area is 223 Å². The second kappa shape index (κ2) is 10.5. The fourth-order valence-corrected chi connectivity index (χ4v) is 5.30. The second-order valence-corrected chi connectivity index (χ2v) is 9.72. The maximum atomic E-state index is 16.2.